The van der Waals surface area contributed by atoms with Gasteiger partial charge in [-0.25, -0.2) is 4.98 Å². The van der Waals surface area contributed by atoms with Gasteiger partial charge < -0.3 is 9.52 Å². The van der Waals surface area contributed by atoms with E-state index in [1.54, 1.807) is 0 Å². The van der Waals surface area contributed by atoms with Gasteiger partial charge in [0.1, 0.15) is 11.6 Å². The molecule has 0 unspecified atom stereocenters. The van der Waals surface area contributed by atoms with Crippen molar-refractivity contribution in [3.05, 3.63) is 156 Å². The molecule has 1 N–H and O–H groups in total. The molecule has 0 radical (unpaired) electrons. The number of hydrogen-bond donors (Lipinski definition) is 1. The normalized spacial score (nSPS) is 12.2. The Morgan fingerprint density at radius 2 is 1.34 bits per heavy atom. The van der Waals surface area contributed by atoms with Gasteiger partial charge in [-0.05, 0) is 91.9 Å². The van der Waals surface area contributed by atoms with Crippen LogP contribution in [0.4, 0.5) is 0 Å². The van der Waals surface area contributed by atoms with E-state index >= 15 is 0 Å². The van der Waals surface area contributed by atoms with E-state index < -0.39 is 0 Å². The number of furan rings is 1. The van der Waals surface area contributed by atoms with E-state index in [4.69, 9.17) is 14.4 Å². The minimum absolute atomic E-state index is 0. The number of benzene rings is 6. The number of phenolic OH excluding ortho intramolecular Hbond substituents is 1. The maximum absolute atomic E-state index is 12.4. The van der Waals surface area contributed by atoms with Crippen LogP contribution in [0, 0.1) is 6.07 Å². The fraction of sp³-hybridized carbons (Fsp3) is 0.208. The van der Waals surface area contributed by atoms with Gasteiger partial charge in [0.25, 0.3) is 0 Å². The average molecular weight is 954 g/mol. The summed E-state index contributed by atoms with van der Waals surface area (Å²) < 4.78 is 8.78. The summed E-state index contributed by atoms with van der Waals surface area (Å²) in [5, 5.41) is 14.1. The summed E-state index contributed by atoms with van der Waals surface area (Å²) in [6.07, 6.45) is 1.86. The molecule has 0 atom stereocenters. The first kappa shape index (κ1) is 40.0. The fourth-order valence-corrected chi connectivity index (χ4v) is 8.12. The standard InChI is InChI=1S/C53H48N3O2.Pt/c1-32(2)39-27-35(33-15-11-9-12-16-33)19-21-44(39)56-45-22-24-47-48(49(45)55-51(56)41-30-38(52(3,4)5)31-42(50(41)57)53(6,7)8)40-28-37(20-23-46(40)58-47)43-29-36(25-26-54-43)34-17-13-10-14-18-34;/h9-27,29-32,57H,1-8H3;/q-1;. The van der Waals surface area contributed by atoms with Crippen LogP contribution < -0.4 is 0 Å². The van der Waals surface area contributed by atoms with Crippen LogP contribution in [0.1, 0.15) is 78.0 Å². The summed E-state index contributed by atoms with van der Waals surface area (Å²) in [6.45, 7) is 17.6. The van der Waals surface area contributed by atoms with Crippen molar-refractivity contribution in [2.24, 2.45) is 0 Å². The zero-order valence-corrected chi connectivity index (χ0v) is 37.1. The first-order valence-corrected chi connectivity index (χ1v) is 20.2. The van der Waals surface area contributed by atoms with Gasteiger partial charge in [-0.15, -0.1) is 12.1 Å². The van der Waals surface area contributed by atoms with Crippen LogP contribution in [0.5, 0.6) is 5.75 Å². The SMILES string of the molecule is CC(C)c1cc(-c2ccccc2)ccc1-n1c(-c2cc(C(C)(C)C)cc(C(C)(C)C)c2O)nc2c3c(ccc21)oc1ccc(-c2cc(-c4ccccc4)ccn2)[c-]c13.[Pt]. The number of nitrogens with zero attached hydrogens (tertiary/aromatic N) is 3. The molecule has 9 rings (SSSR count). The number of aromatic hydroxyl groups is 1. The second kappa shape index (κ2) is 15.1. The molecule has 0 aliphatic heterocycles. The van der Waals surface area contributed by atoms with Crippen LogP contribution in [-0.4, -0.2) is 19.6 Å². The Kier molecular flexibility index (Phi) is 10.3. The van der Waals surface area contributed by atoms with Crippen LogP contribution in [0.2, 0.25) is 0 Å². The second-order valence-electron chi connectivity index (χ2n) is 17.8. The first-order valence-electron chi connectivity index (χ1n) is 20.2. The van der Waals surface area contributed by atoms with E-state index in [1.807, 2.05) is 42.6 Å². The first-order chi connectivity index (χ1) is 27.8. The predicted molar refractivity (Wildman–Crippen MR) is 240 cm³/mol. The topological polar surface area (TPSA) is 64.1 Å². The van der Waals surface area contributed by atoms with Crippen molar-refractivity contribution in [1.29, 1.82) is 0 Å². The Labute approximate surface area is 361 Å². The molecule has 0 saturated carbocycles. The van der Waals surface area contributed by atoms with E-state index in [1.165, 1.54) is 11.1 Å². The molecule has 298 valence electrons. The third kappa shape index (κ3) is 7.21. The molecule has 5 nitrogen and oxygen atoms in total. The molecule has 0 saturated heterocycles. The Morgan fingerprint density at radius 3 is 1.98 bits per heavy atom. The number of hydrogen-bond acceptors (Lipinski definition) is 4. The van der Waals surface area contributed by atoms with Crippen LogP contribution in [0.25, 0.3) is 83.6 Å². The summed E-state index contributed by atoms with van der Waals surface area (Å²) in [5.74, 6) is 1.11. The maximum Gasteiger partial charge on any atom is 0.148 e. The Morgan fingerprint density at radius 1 is 0.678 bits per heavy atom. The summed E-state index contributed by atoms with van der Waals surface area (Å²) in [5.41, 5.74) is 13.8. The van der Waals surface area contributed by atoms with Crippen molar-refractivity contribution in [2.75, 3.05) is 0 Å². The van der Waals surface area contributed by atoms with E-state index in [0.29, 0.717) is 11.4 Å². The van der Waals surface area contributed by atoms with E-state index in [2.05, 4.69) is 157 Å². The summed E-state index contributed by atoms with van der Waals surface area (Å²) >= 11 is 0. The molecule has 59 heavy (non-hydrogen) atoms. The predicted octanol–water partition coefficient (Wildman–Crippen LogP) is 14.2. The van der Waals surface area contributed by atoms with Crippen molar-refractivity contribution in [3.8, 4) is 56.3 Å². The average Bonchev–Trinajstić information content (AvgIpc) is 3.79. The van der Waals surface area contributed by atoms with Gasteiger partial charge in [-0.3, -0.25) is 9.55 Å². The van der Waals surface area contributed by atoms with Crippen molar-refractivity contribution in [1.82, 2.24) is 14.5 Å². The van der Waals surface area contributed by atoms with Gasteiger partial charge in [0.2, 0.25) is 0 Å². The summed E-state index contributed by atoms with van der Waals surface area (Å²) in [7, 11) is 0. The number of rotatable bonds is 6. The monoisotopic (exact) mass is 953 g/mol. The zero-order chi connectivity index (χ0) is 40.5. The number of pyridine rings is 1. The number of aromatic nitrogens is 3. The van der Waals surface area contributed by atoms with Gasteiger partial charge in [0, 0.05) is 38.5 Å². The second-order valence-corrected chi connectivity index (χ2v) is 17.8. The molecule has 6 heteroatoms. The van der Waals surface area contributed by atoms with Crippen LogP contribution >= 0.6 is 0 Å². The minimum Gasteiger partial charge on any atom is -0.507 e. The molecule has 9 aromatic rings. The summed E-state index contributed by atoms with van der Waals surface area (Å²) in [6, 6.07) is 47.9. The van der Waals surface area contributed by atoms with Crippen LogP contribution in [-0.2, 0) is 31.9 Å². The number of imidazole rings is 1. The number of fused-ring (bicyclic) bond motifs is 5. The smallest absolute Gasteiger partial charge is 0.148 e. The quantitative estimate of drug-likeness (QED) is 0.169. The van der Waals surface area contributed by atoms with Crippen LogP contribution in [0.15, 0.2) is 138 Å². The molecule has 3 aromatic heterocycles. The maximum atomic E-state index is 12.4. The minimum atomic E-state index is -0.317. The van der Waals surface area contributed by atoms with Crippen molar-refractivity contribution in [3.63, 3.8) is 0 Å². The molecule has 0 spiro atoms. The Bertz CT molecular complexity index is 3000. The molecule has 0 bridgehead atoms. The molecule has 0 fully saturated rings. The number of phenols is 1. The zero-order valence-electron chi connectivity index (χ0n) is 34.8. The van der Waals surface area contributed by atoms with E-state index in [9.17, 15) is 5.11 Å². The van der Waals surface area contributed by atoms with Gasteiger partial charge in [-0.1, -0.05) is 151 Å². The van der Waals surface area contributed by atoms with Gasteiger partial charge >= 0.3 is 0 Å². The molecule has 3 heterocycles. The van der Waals surface area contributed by atoms with Crippen molar-refractivity contribution >= 4 is 33.0 Å². The van der Waals surface area contributed by atoms with Gasteiger partial charge in [-0.2, -0.15) is 0 Å². The third-order valence-corrected chi connectivity index (χ3v) is 11.3. The van der Waals surface area contributed by atoms with Gasteiger partial charge in [0.05, 0.1) is 33.5 Å². The Hall–Kier alpha value is -5.77. The van der Waals surface area contributed by atoms with E-state index in [0.717, 1.165) is 77.7 Å². The molecular formula is C53H48N3O2Pt-. The van der Waals surface area contributed by atoms with Crippen molar-refractivity contribution in [2.45, 2.75) is 72.1 Å². The van der Waals surface area contributed by atoms with E-state index in [-0.39, 0.29) is 43.6 Å². The fourth-order valence-electron chi connectivity index (χ4n) is 8.12. The third-order valence-electron chi connectivity index (χ3n) is 11.3. The largest absolute Gasteiger partial charge is 0.507 e. The molecule has 0 aliphatic carbocycles. The molecule has 6 aromatic carbocycles. The summed E-state index contributed by atoms with van der Waals surface area (Å²) in [4.78, 5) is 10.3. The molecule has 0 aliphatic rings. The molecule has 0 amide bonds. The van der Waals surface area contributed by atoms with Crippen molar-refractivity contribution < 1.29 is 30.6 Å². The molecular weight excluding hydrogens is 906 g/mol. The van der Waals surface area contributed by atoms with Gasteiger partial charge in [0.15, 0.2) is 0 Å². The Balaban J connectivity index is 0.00000484. The van der Waals surface area contributed by atoms with Crippen LogP contribution in [0.3, 0.4) is 0 Å².